The highest BCUT2D eigenvalue weighted by molar-refractivity contribution is 6.76. The zero-order valence-electron chi connectivity index (χ0n) is 10.5. The molecular formula is C12H18Cl3NO. The van der Waals surface area contributed by atoms with Crippen molar-refractivity contribution in [3.05, 3.63) is 11.6 Å². The first-order valence-corrected chi connectivity index (χ1v) is 6.70. The van der Waals surface area contributed by atoms with Crippen LogP contribution in [0.2, 0.25) is 0 Å². The van der Waals surface area contributed by atoms with E-state index in [0.717, 1.165) is 0 Å². The summed E-state index contributed by atoms with van der Waals surface area (Å²) in [6.45, 7) is 9.07. The summed E-state index contributed by atoms with van der Waals surface area (Å²) < 4.78 is -1.87. The first-order valence-electron chi connectivity index (χ1n) is 5.57. The van der Waals surface area contributed by atoms with Crippen molar-refractivity contribution in [1.82, 2.24) is 5.32 Å². The predicted molar refractivity (Wildman–Crippen MR) is 73.5 cm³/mol. The van der Waals surface area contributed by atoms with Crippen molar-refractivity contribution < 1.29 is 4.79 Å². The second-order valence-electron chi connectivity index (χ2n) is 5.41. The molecule has 0 bridgehead atoms. The average molecular weight is 299 g/mol. The van der Waals surface area contributed by atoms with E-state index >= 15 is 0 Å². The molecule has 1 saturated carbocycles. The summed E-state index contributed by atoms with van der Waals surface area (Å²) in [6, 6.07) is 0. The number of hydrogen-bond donors (Lipinski definition) is 1. The van der Waals surface area contributed by atoms with Crippen LogP contribution < -0.4 is 5.32 Å². The smallest absolute Gasteiger partial charge is 0.272 e. The van der Waals surface area contributed by atoms with E-state index < -0.39 is 9.70 Å². The summed E-state index contributed by atoms with van der Waals surface area (Å²) in [5.41, 5.74) is 1.50. The summed E-state index contributed by atoms with van der Waals surface area (Å²) in [4.78, 5) is 11.4. The molecule has 0 radical (unpaired) electrons. The molecule has 0 saturated heterocycles. The van der Waals surface area contributed by atoms with Crippen LogP contribution in [0.25, 0.3) is 0 Å². The van der Waals surface area contributed by atoms with Gasteiger partial charge in [-0.1, -0.05) is 60.3 Å². The molecule has 17 heavy (non-hydrogen) atoms. The Bertz CT molecular complexity index is 340. The van der Waals surface area contributed by atoms with Crippen molar-refractivity contribution in [1.29, 1.82) is 0 Å². The lowest BCUT2D eigenvalue weighted by molar-refractivity contribution is -0.120. The molecule has 0 aromatic rings. The molecule has 1 aliphatic rings. The van der Waals surface area contributed by atoms with E-state index in [2.05, 4.69) is 39.1 Å². The molecule has 0 aliphatic heterocycles. The monoisotopic (exact) mass is 297 g/mol. The van der Waals surface area contributed by atoms with Crippen LogP contribution in [-0.2, 0) is 4.79 Å². The third kappa shape index (κ3) is 3.77. The second-order valence-corrected chi connectivity index (χ2v) is 7.69. The first kappa shape index (κ1) is 15.1. The van der Waals surface area contributed by atoms with Crippen LogP contribution in [0.3, 0.4) is 0 Å². The Morgan fingerprint density at radius 3 is 2.29 bits per heavy atom. The average Bonchev–Trinajstić information content (AvgIpc) is 2.61. The van der Waals surface area contributed by atoms with E-state index in [-0.39, 0.29) is 5.41 Å². The normalized spacial score (nSPS) is 26.3. The van der Waals surface area contributed by atoms with Gasteiger partial charge in [0.2, 0.25) is 0 Å². The second kappa shape index (κ2) is 4.99. The minimum Gasteiger partial charge on any atom is -0.352 e. The van der Waals surface area contributed by atoms with Gasteiger partial charge in [0.25, 0.3) is 9.70 Å². The zero-order valence-corrected chi connectivity index (χ0v) is 12.7. The van der Waals surface area contributed by atoms with Gasteiger partial charge in [0.1, 0.15) is 0 Å². The SMILES string of the molecule is CC(C)=C[C@H]1[C@H](CNC(=O)C(Cl)(Cl)Cl)C1(C)C. The Balaban J connectivity index is 2.50. The molecule has 1 aliphatic carbocycles. The maximum atomic E-state index is 11.4. The Kier molecular flexibility index (Phi) is 4.44. The van der Waals surface area contributed by atoms with Crippen LogP contribution in [0, 0.1) is 17.3 Å². The number of carbonyl (C=O) groups is 1. The van der Waals surface area contributed by atoms with Crippen LogP contribution in [0.4, 0.5) is 0 Å². The van der Waals surface area contributed by atoms with E-state index in [9.17, 15) is 4.79 Å². The van der Waals surface area contributed by atoms with Gasteiger partial charge in [0.05, 0.1) is 0 Å². The molecule has 5 heteroatoms. The summed E-state index contributed by atoms with van der Waals surface area (Å²) in [6.07, 6.45) is 2.24. The Labute approximate surface area is 118 Å². The van der Waals surface area contributed by atoms with E-state index in [4.69, 9.17) is 34.8 Å². The Morgan fingerprint density at radius 1 is 1.35 bits per heavy atom. The number of rotatable bonds is 3. The fourth-order valence-corrected chi connectivity index (χ4v) is 2.37. The molecule has 2 nitrogen and oxygen atoms in total. The minimum absolute atomic E-state index is 0.206. The first-order chi connectivity index (χ1) is 7.56. The van der Waals surface area contributed by atoms with Crippen molar-refractivity contribution >= 4 is 40.7 Å². The number of carbonyl (C=O) groups excluding carboxylic acids is 1. The highest BCUT2D eigenvalue weighted by Crippen LogP contribution is 2.58. The Morgan fingerprint density at radius 2 is 1.88 bits per heavy atom. The molecule has 1 fully saturated rings. The molecule has 1 rings (SSSR count). The van der Waals surface area contributed by atoms with Crippen LogP contribution in [0.1, 0.15) is 27.7 Å². The largest absolute Gasteiger partial charge is 0.352 e. The number of alkyl halides is 3. The van der Waals surface area contributed by atoms with Crippen molar-refractivity contribution in [2.24, 2.45) is 17.3 Å². The van der Waals surface area contributed by atoms with Gasteiger partial charge < -0.3 is 5.32 Å². The lowest BCUT2D eigenvalue weighted by Gasteiger charge is -2.11. The highest BCUT2D eigenvalue weighted by Gasteiger charge is 2.56. The number of nitrogens with one attached hydrogen (secondary N) is 1. The van der Waals surface area contributed by atoms with Crippen LogP contribution >= 0.6 is 34.8 Å². The van der Waals surface area contributed by atoms with E-state index in [1.165, 1.54) is 5.57 Å². The highest BCUT2D eigenvalue weighted by atomic mass is 35.6. The molecule has 0 unspecified atom stereocenters. The predicted octanol–water partition coefficient (Wildman–Crippen LogP) is 3.71. The molecule has 0 aromatic heterocycles. The molecule has 98 valence electrons. The van der Waals surface area contributed by atoms with Crippen LogP contribution in [-0.4, -0.2) is 16.2 Å². The van der Waals surface area contributed by atoms with Gasteiger partial charge in [-0.15, -0.1) is 0 Å². The molecule has 1 N–H and O–H groups in total. The number of hydrogen-bond acceptors (Lipinski definition) is 1. The van der Waals surface area contributed by atoms with Gasteiger partial charge >= 0.3 is 0 Å². The number of allylic oxidation sites excluding steroid dienone is 2. The third-order valence-corrected chi connectivity index (χ3v) is 3.91. The van der Waals surface area contributed by atoms with Gasteiger partial charge in [0, 0.05) is 6.54 Å². The molecule has 2 atom stereocenters. The quantitative estimate of drug-likeness (QED) is 0.624. The van der Waals surface area contributed by atoms with E-state index in [0.29, 0.717) is 18.4 Å². The van der Waals surface area contributed by atoms with E-state index in [1.54, 1.807) is 0 Å². The molecule has 1 amide bonds. The lowest BCUT2D eigenvalue weighted by atomic mass is 10.1. The maximum absolute atomic E-state index is 11.4. The minimum atomic E-state index is -1.87. The van der Waals surface area contributed by atoms with Crippen molar-refractivity contribution in [3.8, 4) is 0 Å². The summed E-state index contributed by atoms with van der Waals surface area (Å²) in [5, 5.41) is 2.68. The van der Waals surface area contributed by atoms with Crippen molar-refractivity contribution in [2.75, 3.05) is 6.54 Å². The summed E-state index contributed by atoms with van der Waals surface area (Å²) >= 11 is 16.5. The van der Waals surface area contributed by atoms with Gasteiger partial charge in [-0.25, -0.2) is 0 Å². The fourth-order valence-electron chi connectivity index (χ4n) is 2.17. The number of halogens is 3. The van der Waals surface area contributed by atoms with Crippen LogP contribution in [0.5, 0.6) is 0 Å². The Hall–Kier alpha value is 0.0800. The van der Waals surface area contributed by atoms with Crippen molar-refractivity contribution in [2.45, 2.75) is 31.5 Å². The number of amides is 1. The topological polar surface area (TPSA) is 29.1 Å². The van der Waals surface area contributed by atoms with Gasteiger partial charge in [-0.05, 0) is 31.1 Å². The van der Waals surface area contributed by atoms with Gasteiger partial charge in [-0.2, -0.15) is 0 Å². The lowest BCUT2D eigenvalue weighted by Crippen LogP contribution is -2.36. The summed E-state index contributed by atoms with van der Waals surface area (Å²) in [7, 11) is 0. The van der Waals surface area contributed by atoms with E-state index in [1.807, 2.05) is 0 Å². The molecule has 0 aromatic carbocycles. The summed E-state index contributed by atoms with van der Waals surface area (Å²) in [5.74, 6) is 0.345. The van der Waals surface area contributed by atoms with Gasteiger partial charge in [0.15, 0.2) is 0 Å². The molecule has 0 heterocycles. The fraction of sp³-hybridized carbons (Fsp3) is 0.750. The van der Waals surface area contributed by atoms with Crippen molar-refractivity contribution in [3.63, 3.8) is 0 Å². The van der Waals surface area contributed by atoms with Gasteiger partial charge in [-0.3, -0.25) is 4.79 Å². The standard InChI is InChI=1S/C12H18Cl3NO/c1-7(2)5-8-9(11(8,3)4)6-16-10(17)12(13,14)15/h5,8-9H,6H2,1-4H3,(H,16,17)/t8-,9-/m0/s1. The molecule has 0 spiro atoms. The molecular weight excluding hydrogens is 280 g/mol. The maximum Gasteiger partial charge on any atom is 0.272 e. The van der Waals surface area contributed by atoms with Crippen LogP contribution in [0.15, 0.2) is 11.6 Å². The third-order valence-electron chi connectivity index (χ3n) is 3.39. The zero-order chi connectivity index (χ0) is 13.4.